The number of benzene rings is 1. The summed E-state index contributed by atoms with van der Waals surface area (Å²) in [7, 11) is 0. The van der Waals surface area contributed by atoms with Gasteiger partial charge in [0.1, 0.15) is 0 Å². The molecule has 0 fully saturated rings. The van der Waals surface area contributed by atoms with Crippen molar-refractivity contribution in [3.63, 3.8) is 0 Å². The van der Waals surface area contributed by atoms with Crippen LogP contribution in [0.1, 0.15) is 25.5 Å². The van der Waals surface area contributed by atoms with E-state index in [4.69, 9.17) is 5.73 Å². The fourth-order valence-corrected chi connectivity index (χ4v) is 1.69. The van der Waals surface area contributed by atoms with Gasteiger partial charge < -0.3 is 5.73 Å². The summed E-state index contributed by atoms with van der Waals surface area (Å²) in [4.78, 5) is 0. The highest BCUT2D eigenvalue weighted by molar-refractivity contribution is 5.62. The second-order valence-corrected chi connectivity index (χ2v) is 4.00. The highest BCUT2D eigenvalue weighted by Gasteiger charge is 2.04. The second kappa shape index (κ2) is 4.49. The molecule has 1 aromatic carbocycles. The fourth-order valence-electron chi connectivity index (χ4n) is 1.69. The zero-order chi connectivity index (χ0) is 11.5. The molecule has 0 aliphatic carbocycles. The molecule has 0 saturated heterocycles. The van der Waals surface area contributed by atoms with Crippen LogP contribution in [0.25, 0.3) is 11.1 Å². The molecular weight excluding hydrogens is 198 g/mol. The van der Waals surface area contributed by atoms with Gasteiger partial charge in [-0.05, 0) is 31.0 Å². The van der Waals surface area contributed by atoms with Crippen LogP contribution in [0, 0.1) is 0 Å². The van der Waals surface area contributed by atoms with E-state index in [1.807, 2.05) is 23.9 Å². The van der Waals surface area contributed by atoms with Crippen LogP contribution in [0.5, 0.6) is 0 Å². The summed E-state index contributed by atoms with van der Waals surface area (Å²) >= 11 is 0. The highest BCUT2D eigenvalue weighted by Crippen LogP contribution is 2.21. The maximum absolute atomic E-state index is 5.87. The van der Waals surface area contributed by atoms with Crippen LogP contribution in [0.2, 0.25) is 0 Å². The van der Waals surface area contributed by atoms with Gasteiger partial charge in [-0.15, -0.1) is 0 Å². The van der Waals surface area contributed by atoms with Gasteiger partial charge in [0.25, 0.3) is 0 Å². The minimum atomic E-state index is 0.0705. The van der Waals surface area contributed by atoms with Crippen LogP contribution in [0.4, 0.5) is 0 Å². The molecule has 2 rings (SSSR count). The molecule has 1 heterocycles. The number of aromatic nitrogens is 2. The third kappa shape index (κ3) is 2.14. The van der Waals surface area contributed by atoms with Crippen LogP contribution < -0.4 is 5.73 Å². The number of hydrogen-bond acceptors (Lipinski definition) is 2. The van der Waals surface area contributed by atoms with E-state index in [0.717, 1.165) is 17.7 Å². The summed E-state index contributed by atoms with van der Waals surface area (Å²) in [5.41, 5.74) is 9.34. The first-order valence-electron chi connectivity index (χ1n) is 5.59. The van der Waals surface area contributed by atoms with E-state index in [1.165, 1.54) is 5.56 Å². The Morgan fingerprint density at radius 2 is 2.19 bits per heavy atom. The zero-order valence-corrected chi connectivity index (χ0v) is 9.72. The summed E-state index contributed by atoms with van der Waals surface area (Å²) in [6.45, 7) is 4.97. The molecule has 2 N–H and O–H groups in total. The molecule has 0 aliphatic heterocycles. The van der Waals surface area contributed by atoms with Crippen LogP contribution >= 0.6 is 0 Å². The standard InChI is InChI=1S/C13H17N3/c1-3-16-9-13(8-15-16)12-6-4-5-11(7-12)10(2)14/h4-10H,3,14H2,1-2H3. The average molecular weight is 215 g/mol. The molecule has 84 valence electrons. The maximum atomic E-state index is 5.87. The third-order valence-electron chi connectivity index (χ3n) is 2.70. The van der Waals surface area contributed by atoms with E-state index in [-0.39, 0.29) is 6.04 Å². The van der Waals surface area contributed by atoms with Crippen LogP contribution in [0.15, 0.2) is 36.7 Å². The average Bonchev–Trinajstić information content (AvgIpc) is 2.77. The zero-order valence-electron chi connectivity index (χ0n) is 9.72. The van der Waals surface area contributed by atoms with Crippen molar-refractivity contribution in [2.75, 3.05) is 0 Å². The summed E-state index contributed by atoms with van der Waals surface area (Å²) in [5.74, 6) is 0. The topological polar surface area (TPSA) is 43.8 Å². The normalized spacial score (nSPS) is 12.7. The first-order valence-corrected chi connectivity index (χ1v) is 5.59. The molecule has 16 heavy (non-hydrogen) atoms. The van der Waals surface area contributed by atoms with Gasteiger partial charge in [0.15, 0.2) is 0 Å². The quantitative estimate of drug-likeness (QED) is 0.855. The van der Waals surface area contributed by atoms with Gasteiger partial charge >= 0.3 is 0 Å². The number of nitrogens with zero attached hydrogens (tertiary/aromatic N) is 2. The molecule has 0 radical (unpaired) electrons. The van der Waals surface area contributed by atoms with Crippen molar-refractivity contribution in [1.82, 2.24) is 9.78 Å². The molecule has 1 unspecified atom stereocenters. The summed E-state index contributed by atoms with van der Waals surface area (Å²) in [6, 6.07) is 8.38. The van der Waals surface area contributed by atoms with E-state index in [1.54, 1.807) is 0 Å². The number of nitrogens with two attached hydrogens (primary N) is 1. The largest absolute Gasteiger partial charge is 0.324 e. The smallest absolute Gasteiger partial charge is 0.0568 e. The van der Waals surface area contributed by atoms with Crippen molar-refractivity contribution in [1.29, 1.82) is 0 Å². The summed E-state index contributed by atoms with van der Waals surface area (Å²) < 4.78 is 1.92. The van der Waals surface area contributed by atoms with Crippen LogP contribution in [-0.4, -0.2) is 9.78 Å². The lowest BCUT2D eigenvalue weighted by Gasteiger charge is -2.06. The van der Waals surface area contributed by atoms with E-state index in [9.17, 15) is 0 Å². The van der Waals surface area contributed by atoms with E-state index in [0.29, 0.717) is 0 Å². The summed E-state index contributed by atoms with van der Waals surface area (Å²) in [6.07, 6.45) is 3.95. The Morgan fingerprint density at radius 3 is 2.81 bits per heavy atom. The molecule has 1 aromatic heterocycles. The lowest BCUT2D eigenvalue weighted by atomic mass is 10.0. The molecule has 0 bridgehead atoms. The Labute approximate surface area is 95.9 Å². The number of aryl methyl sites for hydroxylation is 1. The maximum Gasteiger partial charge on any atom is 0.0568 e. The van der Waals surface area contributed by atoms with Crippen molar-refractivity contribution in [2.45, 2.75) is 26.4 Å². The van der Waals surface area contributed by atoms with Gasteiger partial charge in [-0.3, -0.25) is 4.68 Å². The third-order valence-corrected chi connectivity index (χ3v) is 2.70. The predicted molar refractivity (Wildman–Crippen MR) is 65.9 cm³/mol. The van der Waals surface area contributed by atoms with Gasteiger partial charge in [-0.25, -0.2) is 0 Å². The molecule has 3 heteroatoms. The molecule has 0 spiro atoms. The second-order valence-electron chi connectivity index (χ2n) is 4.00. The van der Waals surface area contributed by atoms with Crippen molar-refractivity contribution < 1.29 is 0 Å². The number of hydrogen-bond donors (Lipinski definition) is 1. The van der Waals surface area contributed by atoms with E-state index in [2.05, 4.69) is 36.4 Å². The monoisotopic (exact) mass is 215 g/mol. The van der Waals surface area contributed by atoms with Crippen molar-refractivity contribution in [2.24, 2.45) is 5.73 Å². The lowest BCUT2D eigenvalue weighted by Crippen LogP contribution is -2.04. The highest BCUT2D eigenvalue weighted by atomic mass is 15.3. The predicted octanol–water partition coefficient (Wildman–Crippen LogP) is 2.59. The Balaban J connectivity index is 2.36. The van der Waals surface area contributed by atoms with Gasteiger partial charge in [0.05, 0.1) is 6.20 Å². The molecule has 0 saturated carbocycles. The first kappa shape index (κ1) is 10.9. The Morgan fingerprint density at radius 1 is 1.38 bits per heavy atom. The molecule has 2 aromatic rings. The van der Waals surface area contributed by atoms with Crippen LogP contribution in [0.3, 0.4) is 0 Å². The molecule has 0 aliphatic rings. The lowest BCUT2D eigenvalue weighted by molar-refractivity contribution is 0.660. The molecular formula is C13H17N3. The number of rotatable bonds is 3. The van der Waals surface area contributed by atoms with E-state index >= 15 is 0 Å². The molecule has 3 nitrogen and oxygen atoms in total. The van der Waals surface area contributed by atoms with Crippen molar-refractivity contribution >= 4 is 0 Å². The van der Waals surface area contributed by atoms with Gasteiger partial charge in [0.2, 0.25) is 0 Å². The Hall–Kier alpha value is -1.61. The van der Waals surface area contributed by atoms with Gasteiger partial charge in [0, 0.05) is 24.3 Å². The van der Waals surface area contributed by atoms with E-state index < -0.39 is 0 Å². The summed E-state index contributed by atoms with van der Waals surface area (Å²) in [5, 5.41) is 4.27. The van der Waals surface area contributed by atoms with Gasteiger partial charge in [-0.1, -0.05) is 18.2 Å². The van der Waals surface area contributed by atoms with Gasteiger partial charge in [-0.2, -0.15) is 5.10 Å². The fraction of sp³-hybridized carbons (Fsp3) is 0.308. The SMILES string of the molecule is CCn1cc(-c2cccc(C(C)N)c2)cn1. The van der Waals surface area contributed by atoms with Crippen molar-refractivity contribution in [3.05, 3.63) is 42.2 Å². The molecule has 0 amide bonds. The minimum absolute atomic E-state index is 0.0705. The minimum Gasteiger partial charge on any atom is -0.324 e. The first-order chi connectivity index (χ1) is 7.70. The molecule has 1 atom stereocenters. The van der Waals surface area contributed by atoms with Crippen molar-refractivity contribution in [3.8, 4) is 11.1 Å². The van der Waals surface area contributed by atoms with Crippen LogP contribution in [-0.2, 0) is 6.54 Å². The Kier molecular flexibility index (Phi) is 3.06. The Bertz CT molecular complexity index is 472.